The van der Waals surface area contributed by atoms with Gasteiger partial charge in [0, 0.05) is 6.42 Å². The molecule has 0 bridgehead atoms. The van der Waals surface area contributed by atoms with E-state index >= 15 is 0 Å². The number of aliphatic hydroxyl groups excluding tert-OH is 2. The molecule has 0 fully saturated rings. The lowest BCUT2D eigenvalue weighted by Crippen LogP contribution is -2.46. The second-order valence-corrected chi connectivity index (χ2v) is 18.3. The zero-order valence-corrected chi connectivity index (χ0v) is 39.9. The Morgan fingerprint density at radius 1 is 0.475 bits per heavy atom. The maximum absolute atomic E-state index is 13.1. The average molecular weight is 834 g/mol. The summed E-state index contributed by atoms with van der Waals surface area (Å²) in [4.78, 5) is 26.0. The van der Waals surface area contributed by atoms with Crippen LogP contribution >= 0.6 is 0 Å². The highest BCUT2D eigenvalue weighted by molar-refractivity contribution is 5.77. The van der Waals surface area contributed by atoms with Gasteiger partial charge in [0.2, 0.25) is 5.91 Å². The van der Waals surface area contributed by atoms with Gasteiger partial charge in [0.1, 0.15) is 6.10 Å². The van der Waals surface area contributed by atoms with Gasteiger partial charge < -0.3 is 20.3 Å². The van der Waals surface area contributed by atoms with Gasteiger partial charge in [0.05, 0.1) is 25.2 Å². The molecule has 0 saturated carbocycles. The van der Waals surface area contributed by atoms with Gasteiger partial charge >= 0.3 is 5.97 Å². The smallest absolute Gasteiger partial charge is 0.306 e. The summed E-state index contributed by atoms with van der Waals surface area (Å²) in [6, 6.07) is -0.693. The second-order valence-electron chi connectivity index (χ2n) is 18.3. The number of hydrogen-bond acceptors (Lipinski definition) is 5. The Bertz CT molecular complexity index is 893. The summed E-state index contributed by atoms with van der Waals surface area (Å²) in [5.41, 5.74) is 0. The lowest BCUT2D eigenvalue weighted by atomic mass is 10.0. The van der Waals surface area contributed by atoms with Crippen LogP contribution < -0.4 is 5.32 Å². The van der Waals surface area contributed by atoms with Gasteiger partial charge in [-0.25, -0.2) is 0 Å². The molecule has 0 radical (unpaired) electrons. The van der Waals surface area contributed by atoms with Crippen LogP contribution in [0.5, 0.6) is 0 Å². The summed E-state index contributed by atoms with van der Waals surface area (Å²) in [6.45, 7) is 6.47. The van der Waals surface area contributed by atoms with E-state index in [1.165, 1.54) is 199 Å². The Balaban J connectivity index is 4.29. The van der Waals surface area contributed by atoms with Gasteiger partial charge in [0.25, 0.3) is 0 Å². The van der Waals surface area contributed by atoms with Crippen LogP contribution in [0.25, 0.3) is 0 Å². The quantitative estimate of drug-likeness (QED) is 0.0322. The molecule has 0 spiro atoms. The number of unbranched alkanes of at least 4 members (excludes halogenated alkanes) is 34. The predicted octanol–water partition coefficient (Wildman–Crippen LogP) is 15.7. The molecular formula is C53H103NO5. The maximum Gasteiger partial charge on any atom is 0.306 e. The largest absolute Gasteiger partial charge is 0.462 e. The van der Waals surface area contributed by atoms with Crippen molar-refractivity contribution in [2.75, 3.05) is 6.61 Å². The lowest BCUT2D eigenvalue weighted by molar-refractivity contribution is -0.151. The molecule has 350 valence electrons. The molecule has 0 aromatic carbocycles. The van der Waals surface area contributed by atoms with Gasteiger partial charge in [-0.05, 0) is 51.4 Å². The first-order valence-corrected chi connectivity index (χ1v) is 26.4. The van der Waals surface area contributed by atoms with Crippen LogP contribution in [0, 0.1) is 0 Å². The van der Waals surface area contributed by atoms with Crippen molar-refractivity contribution >= 4 is 11.9 Å². The third-order valence-electron chi connectivity index (χ3n) is 12.3. The van der Waals surface area contributed by atoms with E-state index in [9.17, 15) is 19.8 Å². The van der Waals surface area contributed by atoms with Crippen LogP contribution in [0.15, 0.2) is 12.2 Å². The fourth-order valence-electron chi connectivity index (χ4n) is 8.31. The van der Waals surface area contributed by atoms with Crippen LogP contribution in [0.1, 0.15) is 290 Å². The van der Waals surface area contributed by atoms with E-state index in [1.807, 2.05) is 0 Å². The number of allylic oxidation sites excluding steroid dienone is 2. The minimum Gasteiger partial charge on any atom is -0.462 e. The summed E-state index contributed by atoms with van der Waals surface area (Å²) >= 11 is 0. The second kappa shape index (κ2) is 47.6. The summed E-state index contributed by atoms with van der Waals surface area (Å²) in [5, 5.41) is 23.7. The average Bonchev–Trinajstić information content (AvgIpc) is 3.23. The molecule has 6 heteroatoms. The summed E-state index contributed by atoms with van der Waals surface area (Å²) in [6.07, 6.45) is 52.9. The minimum absolute atomic E-state index is 0.0825. The van der Waals surface area contributed by atoms with E-state index < -0.39 is 18.2 Å². The molecular weight excluding hydrogens is 731 g/mol. The normalized spacial score (nSPS) is 13.2. The number of carbonyl (C=O) groups is 2. The van der Waals surface area contributed by atoms with E-state index in [0.29, 0.717) is 19.3 Å². The van der Waals surface area contributed by atoms with Crippen molar-refractivity contribution in [1.29, 1.82) is 0 Å². The Labute approximate surface area is 368 Å². The number of aliphatic hydroxyl groups is 2. The van der Waals surface area contributed by atoms with Crippen molar-refractivity contribution in [3.63, 3.8) is 0 Å². The van der Waals surface area contributed by atoms with Gasteiger partial charge in [-0.2, -0.15) is 0 Å². The third-order valence-corrected chi connectivity index (χ3v) is 12.3. The fourth-order valence-corrected chi connectivity index (χ4v) is 8.31. The molecule has 0 aliphatic carbocycles. The maximum atomic E-state index is 13.1. The van der Waals surface area contributed by atoms with E-state index in [2.05, 4.69) is 38.2 Å². The third kappa shape index (κ3) is 43.1. The van der Waals surface area contributed by atoms with Gasteiger partial charge in [0.15, 0.2) is 0 Å². The molecule has 59 heavy (non-hydrogen) atoms. The van der Waals surface area contributed by atoms with Crippen molar-refractivity contribution in [1.82, 2.24) is 5.32 Å². The summed E-state index contributed by atoms with van der Waals surface area (Å²) < 4.78 is 5.91. The zero-order valence-electron chi connectivity index (χ0n) is 39.9. The number of nitrogens with one attached hydrogen (secondary N) is 1. The van der Waals surface area contributed by atoms with E-state index in [-0.39, 0.29) is 24.9 Å². The first-order chi connectivity index (χ1) is 29.0. The van der Waals surface area contributed by atoms with E-state index in [0.717, 1.165) is 44.9 Å². The van der Waals surface area contributed by atoms with Gasteiger partial charge in [-0.3, -0.25) is 9.59 Å². The highest BCUT2D eigenvalue weighted by Gasteiger charge is 2.24. The first kappa shape index (κ1) is 57.6. The first-order valence-electron chi connectivity index (χ1n) is 26.4. The molecule has 3 atom stereocenters. The van der Waals surface area contributed by atoms with E-state index in [1.54, 1.807) is 0 Å². The molecule has 0 aromatic rings. The van der Waals surface area contributed by atoms with Crippen LogP contribution in [-0.4, -0.2) is 46.9 Å². The highest BCUT2D eigenvalue weighted by Crippen LogP contribution is 2.18. The molecule has 0 saturated heterocycles. The van der Waals surface area contributed by atoms with E-state index in [4.69, 9.17) is 4.74 Å². The summed E-state index contributed by atoms with van der Waals surface area (Å²) in [7, 11) is 0. The predicted molar refractivity (Wildman–Crippen MR) is 255 cm³/mol. The topological polar surface area (TPSA) is 95.9 Å². The molecule has 0 rings (SSSR count). The van der Waals surface area contributed by atoms with Gasteiger partial charge in [-0.1, -0.05) is 238 Å². The molecule has 0 aromatic heterocycles. The lowest BCUT2D eigenvalue weighted by Gasteiger charge is -2.24. The Morgan fingerprint density at radius 2 is 0.814 bits per heavy atom. The molecule has 0 aliphatic rings. The monoisotopic (exact) mass is 834 g/mol. The standard InChI is InChI=1S/C53H103NO5/c1-4-7-10-13-16-18-20-22-24-25-26-27-28-30-32-34-37-40-43-46-53(58)59-49(44-41-38-35-15-12-9-6-3)47-52(57)54-50(48-55)51(56)45-42-39-36-33-31-29-23-21-19-17-14-11-8-5-2/h22,24,49-51,55-56H,4-21,23,25-48H2,1-3H3,(H,54,57)/b24-22+. The van der Waals surface area contributed by atoms with Crippen molar-refractivity contribution in [3.05, 3.63) is 12.2 Å². The summed E-state index contributed by atoms with van der Waals surface area (Å²) in [5.74, 6) is -0.465. The van der Waals surface area contributed by atoms with Crippen LogP contribution in [0.2, 0.25) is 0 Å². The van der Waals surface area contributed by atoms with Crippen molar-refractivity contribution < 1.29 is 24.5 Å². The SMILES string of the molecule is CCCCCCCC/C=C/CCCCCCCCCCCC(=O)OC(CCCCCCCCC)CC(=O)NC(CO)C(O)CCCCCCCCCCCCCCCC. The number of rotatable bonds is 48. The van der Waals surface area contributed by atoms with Crippen LogP contribution in [0.4, 0.5) is 0 Å². The highest BCUT2D eigenvalue weighted by atomic mass is 16.5. The Hall–Kier alpha value is -1.40. The number of hydrogen-bond donors (Lipinski definition) is 3. The number of ether oxygens (including phenoxy) is 1. The number of amides is 1. The Morgan fingerprint density at radius 3 is 1.20 bits per heavy atom. The fraction of sp³-hybridized carbons (Fsp3) is 0.925. The van der Waals surface area contributed by atoms with Crippen LogP contribution in [-0.2, 0) is 14.3 Å². The van der Waals surface area contributed by atoms with Crippen LogP contribution in [0.3, 0.4) is 0 Å². The molecule has 3 N–H and O–H groups in total. The molecule has 0 heterocycles. The zero-order chi connectivity index (χ0) is 43.1. The molecule has 6 nitrogen and oxygen atoms in total. The minimum atomic E-state index is -0.780. The van der Waals surface area contributed by atoms with Crippen molar-refractivity contribution in [2.45, 2.75) is 309 Å². The molecule has 0 aliphatic heterocycles. The molecule has 1 amide bonds. The molecule has 3 unspecified atom stereocenters. The number of carbonyl (C=O) groups excluding carboxylic acids is 2. The Kier molecular flexibility index (Phi) is 46.5. The van der Waals surface area contributed by atoms with Crippen molar-refractivity contribution in [3.8, 4) is 0 Å². The number of esters is 1. The van der Waals surface area contributed by atoms with Crippen molar-refractivity contribution in [2.24, 2.45) is 0 Å². The van der Waals surface area contributed by atoms with Gasteiger partial charge in [-0.15, -0.1) is 0 Å².